The average Bonchev–Trinajstić information content (AvgIpc) is 2.55. The largest absolute Gasteiger partial charge is 0.396 e. The SMILES string of the molecule is COCCC[C@@]1(CO)CCCN(Cc2cccc(C#N)c2)C1. The quantitative estimate of drug-likeness (QED) is 0.787. The molecule has 0 unspecified atom stereocenters. The number of piperidine rings is 1. The van der Waals surface area contributed by atoms with Crippen LogP contribution in [0.2, 0.25) is 0 Å². The molecule has 1 aromatic carbocycles. The molecule has 1 N–H and O–H groups in total. The lowest BCUT2D eigenvalue weighted by molar-refractivity contribution is 0.0158. The highest BCUT2D eigenvalue weighted by molar-refractivity contribution is 5.32. The van der Waals surface area contributed by atoms with E-state index in [0.717, 1.165) is 51.9 Å². The number of methoxy groups -OCH3 is 1. The second-order valence-electron chi connectivity index (χ2n) is 6.38. The van der Waals surface area contributed by atoms with Gasteiger partial charge >= 0.3 is 0 Å². The number of ether oxygens (including phenoxy) is 1. The van der Waals surface area contributed by atoms with Crippen LogP contribution < -0.4 is 0 Å². The highest BCUT2D eigenvalue weighted by Crippen LogP contribution is 2.34. The molecule has 0 bridgehead atoms. The fourth-order valence-corrected chi connectivity index (χ4v) is 3.45. The Morgan fingerprint density at radius 1 is 1.45 bits per heavy atom. The summed E-state index contributed by atoms with van der Waals surface area (Å²) in [6.07, 6.45) is 4.20. The molecule has 0 amide bonds. The number of nitrogens with zero attached hydrogens (tertiary/aromatic N) is 2. The Hall–Kier alpha value is -1.41. The number of nitriles is 1. The van der Waals surface area contributed by atoms with Crippen LogP contribution in [0, 0.1) is 16.7 Å². The Balaban J connectivity index is 1.98. The van der Waals surface area contributed by atoms with Gasteiger partial charge in [-0.3, -0.25) is 4.90 Å². The lowest BCUT2D eigenvalue weighted by Gasteiger charge is -2.42. The Kier molecular flexibility index (Phi) is 6.38. The smallest absolute Gasteiger partial charge is 0.0991 e. The normalized spacial score (nSPS) is 22.4. The summed E-state index contributed by atoms with van der Waals surface area (Å²) in [5, 5.41) is 18.9. The number of rotatable bonds is 7. The number of hydrogen-bond acceptors (Lipinski definition) is 4. The van der Waals surface area contributed by atoms with Gasteiger partial charge in [0.05, 0.1) is 11.6 Å². The van der Waals surface area contributed by atoms with E-state index >= 15 is 0 Å². The monoisotopic (exact) mass is 302 g/mol. The maximum Gasteiger partial charge on any atom is 0.0991 e. The number of benzene rings is 1. The second kappa shape index (κ2) is 8.28. The lowest BCUT2D eigenvalue weighted by Crippen LogP contribution is -2.45. The van der Waals surface area contributed by atoms with Crippen molar-refractivity contribution in [1.29, 1.82) is 5.26 Å². The molecule has 2 rings (SSSR count). The summed E-state index contributed by atoms with van der Waals surface area (Å²) >= 11 is 0. The van der Waals surface area contributed by atoms with Crippen LogP contribution in [0.5, 0.6) is 0 Å². The molecule has 0 saturated carbocycles. The Morgan fingerprint density at radius 2 is 2.32 bits per heavy atom. The molecule has 4 nitrogen and oxygen atoms in total. The molecule has 1 aliphatic heterocycles. The van der Waals surface area contributed by atoms with Gasteiger partial charge in [-0.05, 0) is 49.9 Å². The molecule has 1 atom stereocenters. The van der Waals surface area contributed by atoms with Crippen LogP contribution in [0.25, 0.3) is 0 Å². The first-order chi connectivity index (χ1) is 10.7. The zero-order chi connectivity index (χ0) is 15.8. The van der Waals surface area contributed by atoms with E-state index < -0.39 is 0 Å². The summed E-state index contributed by atoms with van der Waals surface area (Å²) in [4.78, 5) is 2.41. The first-order valence-corrected chi connectivity index (χ1v) is 8.02. The van der Waals surface area contributed by atoms with Crippen molar-refractivity contribution >= 4 is 0 Å². The minimum atomic E-state index is 0.00359. The molecule has 0 radical (unpaired) electrons. The summed E-state index contributed by atoms with van der Waals surface area (Å²) < 4.78 is 5.14. The minimum absolute atomic E-state index is 0.00359. The fraction of sp³-hybridized carbons (Fsp3) is 0.611. The van der Waals surface area contributed by atoms with Crippen molar-refractivity contribution in [3.8, 4) is 6.07 Å². The molecule has 1 heterocycles. The van der Waals surface area contributed by atoms with Crippen LogP contribution in [0.3, 0.4) is 0 Å². The van der Waals surface area contributed by atoms with Gasteiger partial charge in [-0.15, -0.1) is 0 Å². The molecule has 4 heteroatoms. The summed E-state index contributed by atoms with van der Waals surface area (Å²) in [5.74, 6) is 0. The second-order valence-corrected chi connectivity index (χ2v) is 6.38. The van der Waals surface area contributed by atoms with E-state index in [1.807, 2.05) is 18.2 Å². The molecule has 1 aromatic rings. The van der Waals surface area contributed by atoms with Crippen LogP contribution >= 0.6 is 0 Å². The van der Waals surface area contributed by atoms with E-state index in [2.05, 4.69) is 17.0 Å². The molecule has 1 aliphatic rings. The first-order valence-electron chi connectivity index (χ1n) is 8.02. The van der Waals surface area contributed by atoms with Crippen molar-refractivity contribution in [3.63, 3.8) is 0 Å². The van der Waals surface area contributed by atoms with Gasteiger partial charge < -0.3 is 9.84 Å². The van der Waals surface area contributed by atoms with Crippen molar-refractivity contribution in [1.82, 2.24) is 4.90 Å². The molecule has 1 saturated heterocycles. The average molecular weight is 302 g/mol. The summed E-state index contributed by atoms with van der Waals surface area (Å²) in [5.41, 5.74) is 1.89. The number of likely N-dealkylation sites (tertiary alicyclic amines) is 1. The molecular weight excluding hydrogens is 276 g/mol. The summed E-state index contributed by atoms with van der Waals surface area (Å²) in [7, 11) is 1.72. The number of hydrogen-bond donors (Lipinski definition) is 1. The predicted molar refractivity (Wildman–Crippen MR) is 86.3 cm³/mol. The van der Waals surface area contributed by atoms with E-state index in [-0.39, 0.29) is 12.0 Å². The van der Waals surface area contributed by atoms with Gasteiger partial charge in [-0.2, -0.15) is 5.26 Å². The molecule has 120 valence electrons. The van der Waals surface area contributed by atoms with Gasteiger partial charge in [-0.25, -0.2) is 0 Å². The maximum atomic E-state index is 9.90. The standard InChI is InChI=1S/C18H26N2O2/c1-22-10-4-8-18(15-21)7-3-9-20(14-18)13-17-6-2-5-16(11-17)12-19/h2,5-6,11,21H,3-4,7-10,13-15H2,1H3/t18-/m0/s1. The molecule has 1 fully saturated rings. The van der Waals surface area contributed by atoms with Crippen molar-refractivity contribution in [3.05, 3.63) is 35.4 Å². The lowest BCUT2D eigenvalue weighted by atomic mass is 9.77. The topological polar surface area (TPSA) is 56.5 Å². The number of aliphatic hydroxyl groups excluding tert-OH is 1. The molecular formula is C18H26N2O2. The highest BCUT2D eigenvalue weighted by Gasteiger charge is 2.34. The summed E-state index contributed by atoms with van der Waals surface area (Å²) in [6, 6.07) is 10.00. The van der Waals surface area contributed by atoms with Crippen LogP contribution in [-0.4, -0.2) is 43.4 Å². The van der Waals surface area contributed by atoms with Gasteiger partial charge in [0.1, 0.15) is 0 Å². The third kappa shape index (κ3) is 4.54. The van der Waals surface area contributed by atoms with Crippen molar-refractivity contribution in [2.75, 3.05) is 33.4 Å². The zero-order valence-electron chi connectivity index (χ0n) is 13.4. The van der Waals surface area contributed by atoms with E-state index in [4.69, 9.17) is 10.00 Å². The summed E-state index contributed by atoms with van der Waals surface area (Å²) in [6.45, 7) is 3.83. The third-order valence-corrected chi connectivity index (χ3v) is 4.59. The van der Waals surface area contributed by atoms with Crippen molar-refractivity contribution in [2.45, 2.75) is 32.2 Å². The third-order valence-electron chi connectivity index (χ3n) is 4.59. The van der Waals surface area contributed by atoms with Crippen LogP contribution in [0.1, 0.15) is 36.8 Å². The Morgan fingerprint density at radius 3 is 3.05 bits per heavy atom. The zero-order valence-corrected chi connectivity index (χ0v) is 13.4. The Labute approximate surface area is 133 Å². The highest BCUT2D eigenvalue weighted by atomic mass is 16.5. The predicted octanol–water partition coefficient (Wildman–Crippen LogP) is 2.56. The Bertz CT molecular complexity index is 512. The van der Waals surface area contributed by atoms with Gasteiger partial charge in [0.2, 0.25) is 0 Å². The van der Waals surface area contributed by atoms with Gasteiger partial charge in [0, 0.05) is 38.8 Å². The van der Waals surface area contributed by atoms with E-state index in [1.54, 1.807) is 7.11 Å². The molecule has 0 spiro atoms. The first kappa shape index (κ1) is 17.0. The van der Waals surface area contributed by atoms with Crippen LogP contribution in [0.4, 0.5) is 0 Å². The van der Waals surface area contributed by atoms with Crippen LogP contribution in [0.15, 0.2) is 24.3 Å². The van der Waals surface area contributed by atoms with Gasteiger partial charge in [0.15, 0.2) is 0 Å². The van der Waals surface area contributed by atoms with Crippen LogP contribution in [-0.2, 0) is 11.3 Å². The van der Waals surface area contributed by atoms with Gasteiger partial charge in [-0.1, -0.05) is 12.1 Å². The van der Waals surface area contributed by atoms with Gasteiger partial charge in [0.25, 0.3) is 0 Å². The van der Waals surface area contributed by atoms with E-state index in [0.29, 0.717) is 5.56 Å². The van der Waals surface area contributed by atoms with Crippen molar-refractivity contribution in [2.24, 2.45) is 5.41 Å². The maximum absolute atomic E-state index is 9.90. The van der Waals surface area contributed by atoms with Crippen molar-refractivity contribution < 1.29 is 9.84 Å². The fourth-order valence-electron chi connectivity index (χ4n) is 3.45. The molecule has 0 aliphatic carbocycles. The van der Waals surface area contributed by atoms with E-state index in [9.17, 15) is 5.11 Å². The minimum Gasteiger partial charge on any atom is -0.396 e. The molecule has 0 aromatic heterocycles. The van der Waals surface area contributed by atoms with E-state index in [1.165, 1.54) is 5.56 Å². The number of aliphatic hydroxyl groups is 1. The molecule has 22 heavy (non-hydrogen) atoms.